The molecule has 6 heteroatoms. The maximum atomic E-state index is 13.6. The van der Waals surface area contributed by atoms with Gasteiger partial charge in [-0.15, -0.1) is 0 Å². The van der Waals surface area contributed by atoms with Crippen molar-refractivity contribution in [2.45, 2.75) is 0 Å². The Bertz CT molecular complexity index is 1100. The van der Waals surface area contributed by atoms with Crippen LogP contribution in [0.1, 0.15) is 0 Å². The van der Waals surface area contributed by atoms with Gasteiger partial charge in [-0.1, -0.05) is 12.1 Å². The van der Waals surface area contributed by atoms with Crippen LogP contribution in [-0.2, 0) is 0 Å². The molecule has 2 heterocycles. The van der Waals surface area contributed by atoms with E-state index in [1.54, 1.807) is 25.5 Å². The van der Waals surface area contributed by atoms with E-state index in [1.165, 1.54) is 6.07 Å². The normalized spacial score (nSPS) is 10.9. The quantitative estimate of drug-likeness (QED) is 0.584. The molecule has 0 atom stereocenters. The van der Waals surface area contributed by atoms with Crippen molar-refractivity contribution in [2.24, 2.45) is 0 Å². The lowest BCUT2D eigenvalue weighted by molar-refractivity contribution is 0.509. The molecular formula is C20H14F2N4. The molecule has 0 aliphatic carbocycles. The van der Waals surface area contributed by atoms with Crippen LogP contribution in [0.3, 0.4) is 0 Å². The molecule has 0 radical (unpaired) electrons. The van der Waals surface area contributed by atoms with Gasteiger partial charge in [-0.05, 0) is 47.5 Å². The first kappa shape index (κ1) is 16.1. The van der Waals surface area contributed by atoms with E-state index >= 15 is 0 Å². The topological polar surface area (TPSA) is 50.7 Å². The molecule has 0 bridgehead atoms. The second-order valence-corrected chi connectivity index (χ2v) is 5.75. The number of fused-ring (bicyclic) bond motifs is 1. The number of halogens is 2. The van der Waals surface area contributed by atoms with Crippen LogP contribution >= 0.6 is 0 Å². The number of nitrogens with one attached hydrogen (secondary N) is 1. The van der Waals surface area contributed by atoms with E-state index in [4.69, 9.17) is 0 Å². The number of anilines is 1. The fourth-order valence-corrected chi connectivity index (χ4v) is 2.80. The predicted molar refractivity (Wildman–Crippen MR) is 97.7 cm³/mol. The van der Waals surface area contributed by atoms with Crippen molar-refractivity contribution in [1.82, 2.24) is 15.0 Å². The number of nitrogens with zero attached hydrogens (tertiary/aromatic N) is 3. The van der Waals surface area contributed by atoms with E-state index in [9.17, 15) is 8.78 Å². The Hall–Kier alpha value is -3.41. The summed E-state index contributed by atoms with van der Waals surface area (Å²) in [5, 5.41) is 3.91. The van der Waals surface area contributed by atoms with Crippen LogP contribution in [0.5, 0.6) is 0 Å². The number of hydrogen-bond acceptors (Lipinski definition) is 4. The zero-order valence-electron chi connectivity index (χ0n) is 13.9. The minimum absolute atomic E-state index is 0.539. The SMILES string of the molecule is CNc1nc(-c2cccnc2)nc2cc(-c3ccc(F)c(F)c3)ccc12. The van der Waals surface area contributed by atoms with E-state index in [0.29, 0.717) is 22.7 Å². The molecule has 0 amide bonds. The minimum atomic E-state index is -0.878. The molecule has 26 heavy (non-hydrogen) atoms. The van der Waals surface area contributed by atoms with Crippen molar-refractivity contribution in [3.8, 4) is 22.5 Å². The number of pyridine rings is 1. The molecule has 0 aliphatic rings. The van der Waals surface area contributed by atoms with Gasteiger partial charge in [0.15, 0.2) is 17.5 Å². The average molecular weight is 348 g/mol. The van der Waals surface area contributed by atoms with Gasteiger partial charge in [-0.2, -0.15) is 0 Å². The van der Waals surface area contributed by atoms with Crippen molar-refractivity contribution >= 4 is 16.7 Å². The van der Waals surface area contributed by atoms with Crippen LogP contribution in [0.25, 0.3) is 33.4 Å². The number of hydrogen-bond donors (Lipinski definition) is 1. The molecule has 4 nitrogen and oxygen atoms in total. The lowest BCUT2D eigenvalue weighted by atomic mass is 10.0. The standard InChI is InChI=1S/C20H14F2N4/c1-23-20-15-6-4-13(12-5-7-16(21)17(22)9-12)10-18(15)25-19(26-20)14-3-2-8-24-11-14/h2-11H,1H3,(H,23,25,26). The van der Waals surface area contributed by atoms with Crippen LogP contribution in [0.4, 0.5) is 14.6 Å². The molecular weight excluding hydrogens is 334 g/mol. The number of rotatable bonds is 3. The first-order chi connectivity index (χ1) is 12.7. The summed E-state index contributed by atoms with van der Waals surface area (Å²) in [6.07, 6.45) is 3.38. The van der Waals surface area contributed by atoms with Gasteiger partial charge in [0.2, 0.25) is 0 Å². The Morgan fingerprint density at radius 3 is 2.38 bits per heavy atom. The van der Waals surface area contributed by atoms with Crippen molar-refractivity contribution < 1.29 is 8.78 Å². The first-order valence-electron chi connectivity index (χ1n) is 8.01. The summed E-state index contributed by atoms with van der Waals surface area (Å²) in [6.45, 7) is 0. The Labute approximate surface area is 148 Å². The summed E-state index contributed by atoms with van der Waals surface area (Å²) >= 11 is 0. The molecule has 0 saturated heterocycles. The lowest BCUT2D eigenvalue weighted by Crippen LogP contribution is -1.99. The van der Waals surface area contributed by atoms with Gasteiger partial charge in [0, 0.05) is 30.4 Å². The predicted octanol–water partition coefficient (Wildman–Crippen LogP) is 4.68. The summed E-state index contributed by atoms with van der Waals surface area (Å²) < 4.78 is 26.8. The van der Waals surface area contributed by atoms with Crippen LogP contribution in [0.2, 0.25) is 0 Å². The summed E-state index contributed by atoms with van der Waals surface area (Å²) in [5.41, 5.74) is 2.82. The number of benzene rings is 2. The second kappa shape index (κ2) is 6.48. The molecule has 0 aliphatic heterocycles. The van der Waals surface area contributed by atoms with E-state index in [1.807, 2.05) is 30.3 Å². The highest BCUT2D eigenvalue weighted by molar-refractivity contribution is 5.93. The zero-order chi connectivity index (χ0) is 18.1. The molecule has 2 aromatic heterocycles. The third-order valence-corrected chi connectivity index (χ3v) is 4.11. The molecule has 0 spiro atoms. The minimum Gasteiger partial charge on any atom is -0.373 e. The van der Waals surface area contributed by atoms with E-state index in [2.05, 4.69) is 20.3 Å². The van der Waals surface area contributed by atoms with Gasteiger partial charge in [0.25, 0.3) is 0 Å². The van der Waals surface area contributed by atoms with Gasteiger partial charge in [-0.25, -0.2) is 18.7 Å². The zero-order valence-corrected chi connectivity index (χ0v) is 13.9. The van der Waals surface area contributed by atoms with Crippen molar-refractivity contribution in [1.29, 1.82) is 0 Å². The van der Waals surface area contributed by atoms with Gasteiger partial charge in [0.05, 0.1) is 5.52 Å². The molecule has 4 rings (SSSR count). The Morgan fingerprint density at radius 2 is 1.65 bits per heavy atom. The molecule has 1 N–H and O–H groups in total. The third kappa shape index (κ3) is 2.86. The highest BCUT2D eigenvalue weighted by atomic mass is 19.2. The van der Waals surface area contributed by atoms with E-state index in [0.717, 1.165) is 22.6 Å². The monoisotopic (exact) mass is 348 g/mol. The smallest absolute Gasteiger partial charge is 0.163 e. The fourth-order valence-electron chi connectivity index (χ4n) is 2.80. The van der Waals surface area contributed by atoms with Crippen LogP contribution < -0.4 is 5.32 Å². The van der Waals surface area contributed by atoms with E-state index < -0.39 is 11.6 Å². The molecule has 0 saturated carbocycles. The highest BCUT2D eigenvalue weighted by Gasteiger charge is 2.11. The van der Waals surface area contributed by atoms with Gasteiger partial charge < -0.3 is 5.32 Å². The maximum absolute atomic E-state index is 13.6. The molecule has 2 aromatic carbocycles. The lowest BCUT2D eigenvalue weighted by Gasteiger charge is -2.10. The van der Waals surface area contributed by atoms with Crippen molar-refractivity contribution in [3.05, 3.63) is 72.6 Å². The third-order valence-electron chi connectivity index (χ3n) is 4.11. The molecule has 0 unspecified atom stereocenters. The van der Waals surface area contributed by atoms with Gasteiger partial charge >= 0.3 is 0 Å². The first-order valence-corrected chi connectivity index (χ1v) is 8.01. The summed E-state index contributed by atoms with van der Waals surface area (Å²) in [4.78, 5) is 13.3. The average Bonchev–Trinajstić information content (AvgIpc) is 2.69. The van der Waals surface area contributed by atoms with Gasteiger partial charge in [-0.3, -0.25) is 4.98 Å². The summed E-state index contributed by atoms with van der Waals surface area (Å²) in [5.74, 6) is -0.520. The summed E-state index contributed by atoms with van der Waals surface area (Å²) in [6, 6.07) is 13.1. The van der Waals surface area contributed by atoms with E-state index in [-0.39, 0.29) is 0 Å². The van der Waals surface area contributed by atoms with Crippen LogP contribution in [-0.4, -0.2) is 22.0 Å². The Kier molecular flexibility index (Phi) is 4.01. The van der Waals surface area contributed by atoms with Crippen molar-refractivity contribution in [2.75, 3.05) is 12.4 Å². The Morgan fingerprint density at radius 1 is 0.846 bits per heavy atom. The summed E-state index contributed by atoms with van der Waals surface area (Å²) in [7, 11) is 1.79. The van der Waals surface area contributed by atoms with Crippen LogP contribution in [0.15, 0.2) is 60.9 Å². The highest BCUT2D eigenvalue weighted by Crippen LogP contribution is 2.29. The fraction of sp³-hybridized carbons (Fsp3) is 0.0500. The largest absolute Gasteiger partial charge is 0.373 e. The van der Waals surface area contributed by atoms with Crippen LogP contribution in [0, 0.1) is 11.6 Å². The molecule has 0 fully saturated rings. The molecule has 128 valence electrons. The Balaban J connectivity index is 1.90. The second-order valence-electron chi connectivity index (χ2n) is 5.75. The van der Waals surface area contributed by atoms with Gasteiger partial charge in [0.1, 0.15) is 5.82 Å². The van der Waals surface area contributed by atoms with Crippen molar-refractivity contribution in [3.63, 3.8) is 0 Å². The number of aromatic nitrogens is 3. The maximum Gasteiger partial charge on any atom is 0.163 e. The molecule has 4 aromatic rings.